The summed E-state index contributed by atoms with van der Waals surface area (Å²) < 4.78 is 11.6. The van der Waals surface area contributed by atoms with Gasteiger partial charge in [0.1, 0.15) is 10.7 Å². The molecule has 0 unspecified atom stereocenters. The van der Waals surface area contributed by atoms with Crippen LogP contribution in [0.25, 0.3) is 21.6 Å². The summed E-state index contributed by atoms with van der Waals surface area (Å²) in [7, 11) is 0. The Balaban J connectivity index is 1.72. The van der Waals surface area contributed by atoms with Crippen molar-refractivity contribution in [2.45, 2.75) is 52.4 Å². The molecule has 0 saturated carbocycles. The van der Waals surface area contributed by atoms with Crippen LogP contribution in [0.3, 0.4) is 0 Å². The maximum atomic E-state index is 12.8. The molecule has 28 heavy (non-hydrogen) atoms. The summed E-state index contributed by atoms with van der Waals surface area (Å²) in [6, 6.07) is 5.74. The number of unbranched alkanes of at least 4 members (excludes halogenated alkanes) is 1. The zero-order chi connectivity index (χ0) is 19.5. The Labute approximate surface area is 168 Å². The van der Waals surface area contributed by atoms with Gasteiger partial charge in [0.25, 0.3) is 5.56 Å². The fourth-order valence-electron chi connectivity index (χ4n) is 3.67. The molecule has 0 bridgehead atoms. The molecule has 5 nitrogen and oxygen atoms in total. The van der Waals surface area contributed by atoms with Crippen LogP contribution in [-0.4, -0.2) is 23.2 Å². The van der Waals surface area contributed by atoms with Crippen LogP contribution >= 0.6 is 11.3 Å². The third-order valence-electron chi connectivity index (χ3n) is 5.10. The van der Waals surface area contributed by atoms with Crippen molar-refractivity contribution in [3.05, 3.63) is 39.0 Å². The van der Waals surface area contributed by atoms with E-state index in [4.69, 9.17) is 14.5 Å². The van der Waals surface area contributed by atoms with Gasteiger partial charge in [0.05, 0.1) is 18.6 Å². The lowest BCUT2D eigenvalue weighted by Crippen LogP contribution is -2.11. The highest BCUT2D eigenvalue weighted by atomic mass is 32.1. The summed E-state index contributed by atoms with van der Waals surface area (Å²) >= 11 is 1.67. The van der Waals surface area contributed by atoms with E-state index >= 15 is 0 Å². The monoisotopic (exact) mass is 398 g/mol. The fraction of sp³-hybridized carbons (Fsp3) is 0.455. The van der Waals surface area contributed by atoms with Gasteiger partial charge in [-0.05, 0) is 62.8 Å². The lowest BCUT2D eigenvalue weighted by atomic mass is 9.97. The molecule has 2 aromatic heterocycles. The van der Waals surface area contributed by atoms with E-state index in [-0.39, 0.29) is 5.56 Å². The zero-order valence-electron chi connectivity index (χ0n) is 16.5. The Morgan fingerprint density at radius 2 is 2.00 bits per heavy atom. The first-order valence-electron chi connectivity index (χ1n) is 10.2. The first-order chi connectivity index (χ1) is 13.7. The third-order valence-corrected chi connectivity index (χ3v) is 6.28. The number of aromatic nitrogens is 2. The molecule has 1 aliphatic carbocycles. The molecule has 4 rings (SSSR count). The number of ether oxygens (including phenoxy) is 2. The number of thiophene rings is 1. The van der Waals surface area contributed by atoms with E-state index in [1.165, 1.54) is 16.9 Å². The van der Waals surface area contributed by atoms with Gasteiger partial charge in [0.15, 0.2) is 11.5 Å². The van der Waals surface area contributed by atoms with Crippen molar-refractivity contribution in [1.29, 1.82) is 0 Å². The highest BCUT2D eigenvalue weighted by Crippen LogP contribution is 2.35. The molecule has 0 atom stereocenters. The van der Waals surface area contributed by atoms with Crippen LogP contribution in [0.1, 0.15) is 50.0 Å². The topological polar surface area (TPSA) is 64.2 Å². The SMILES string of the molecule is CCCCOc1ccc(-c2nc3sc4c(c3c(=O)[nH]2)CCCC4)cc1OCC. The summed E-state index contributed by atoms with van der Waals surface area (Å²) in [5.74, 6) is 2.00. The number of hydrogen-bond acceptors (Lipinski definition) is 5. The molecule has 1 N–H and O–H groups in total. The van der Waals surface area contributed by atoms with Crippen LogP contribution in [0.5, 0.6) is 11.5 Å². The number of aryl methyl sites for hydroxylation is 2. The van der Waals surface area contributed by atoms with Crippen LogP contribution in [-0.2, 0) is 12.8 Å². The number of H-pyrrole nitrogens is 1. The number of rotatable bonds is 7. The number of hydrogen-bond donors (Lipinski definition) is 1. The van der Waals surface area contributed by atoms with Gasteiger partial charge in [0.2, 0.25) is 0 Å². The smallest absolute Gasteiger partial charge is 0.260 e. The number of nitrogens with one attached hydrogen (secondary N) is 1. The first-order valence-corrected chi connectivity index (χ1v) is 11.0. The maximum Gasteiger partial charge on any atom is 0.260 e. The lowest BCUT2D eigenvalue weighted by Gasteiger charge is -2.13. The van der Waals surface area contributed by atoms with Crippen molar-refractivity contribution in [3.63, 3.8) is 0 Å². The van der Waals surface area contributed by atoms with Crippen molar-refractivity contribution < 1.29 is 9.47 Å². The van der Waals surface area contributed by atoms with E-state index < -0.39 is 0 Å². The number of nitrogens with zero attached hydrogens (tertiary/aromatic N) is 1. The summed E-state index contributed by atoms with van der Waals surface area (Å²) in [6.45, 7) is 5.30. The molecule has 0 fully saturated rings. The maximum absolute atomic E-state index is 12.8. The Morgan fingerprint density at radius 1 is 1.14 bits per heavy atom. The Hall–Kier alpha value is -2.34. The van der Waals surface area contributed by atoms with Gasteiger partial charge in [-0.2, -0.15) is 0 Å². The van der Waals surface area contributed by atoms with Gasteiger partial charge in [-0.1, -0.05) is 13.3 Å². The standard InChI is InChI=1S/C22H26N2O3S/c1-3-5-12-27-16-11-10-14(13-17(16)26-4-2)20-23-21(25)19-15-8-6-7-9-18(15)28-22(19)24-20/h10-11,13H,3-9,12H2,1-2H3,(H,23,24,25). The van der Waals surface area contributed by atoms with Gasteiger partial charge in [0, 0.05) is 10.4 Å². The van der Waals surface area contributed by atoms with Crippen molar-refractivity contribution in [3.8, 4) is 22.9 Å². The highest BCUT2D eigenvalue weighted by molar-refractivity contribution is 7.18. The Bertz CT molecular complexity index is 1040. The summed E-state index contributed by atoms with van der Waals surface area (Å²) in [4.78, 5) is 22.7. The molecule has 0 radical (unpaired) electrons. The van der Waals surface area contributed by atoms with Crippen LogP contribution in [0.4, 0.5) is 0 Å². The molecule has 0 spiro atoms. The molecule has 2 heterocycles. The highest BCUT2D eigenvalue weighted by Gasteiger charge is 2.20. The summed E-state index contributed by atoms with van der Waals surface area (Å²) in [5.41, 5.74) is 2.00. The van der Waals surface area contributed by atoms with Crippen molar-refractivity contribution in [1.82, 2.24) is 9.97 Å². The normalized spacial score (nSPS) is 13.5. The quantitative estimate of drug-likeness (QED) is 0.562. The number of aromatic amines is 1. The minimum Gasteiger partial charge on any atom is -0.490 e. The fourth-order valence-corrected chi connectivity index (χ4v) is 4.93. The lowest BCUT2D eigenvalue weighted by molar-refractivity contribution is 0.273. The van der Waals surface area contributed by atoms with E-state index in [1.807, 2.05) is 25.1 Å². The first kappa shape index (κ1) is 19.0. The molecule has 6 heteroatoms. The second-order valence-electron chi connectivity index (χ2n) is 7.10. The Morgan fingerprint density at radius 3 is 2.82 bits per heavy atom. The van der Waals surface area contributed by atoms with E-state index in [0.717, 1.165) is 53.6 Å². The van der Waals surface area contributed by atoms with Gasteiger partial charge in [-0.25, -0.2) is 4.98 Å². The van der Waals surface area contributed by atoms with E-state index in [2.05, 4.69) is 11.9 Å². The predicted molar refractivity (Wildman–Crippen MR) is 114 cm³/mol. The van der Waals surface area contributed by atoms with E-state index in [1.54, 1.807) is 11.3 Å². The molecule has 1 aliphatic rings. The molecular weight excluding hydrogens is 372 g/mol. The molecular formula is C22H26N2O3S. The zero-order valence-corrected chi connectivity index (χ0v) is 17.3. The van der Waals surface area contributed by atoms with Gasteiger partial charge in [-0.3, -0.25) is 4.79 Å². The average molecular weight is 399 g/mol. The molecule has 0 aliphatic heterocycles. The average Bonchev–Trinajstić information content (AvgIpc) is 3.08. The molecule has 148 valence electrons. The predicted octanol–water partition coefficient (Wildman–Crippen LogP) is 5.11. The number of fused-ring (bicyclic) bond motifs is 3. The van der Waals surface area contributed by atoms with Crippen molar-refractivity contribution >= 4 is 21.6 Å². The second kappa shape index (κ2) is 8.35. The van der Waals surface area contributed by atoms with Crippen LogP contribution in [0, 0.1) is 0 Å². The van der Waals surface area contributed by atoms with E-state index in [0.29, 0.717) is 24.8 Å². The summed E-state index contributed by atoms with van der Waals surface area (Å²) in [6.07, 6.45) is 6.47. The Kier molecular flexibility index (Phi) is 5.67. The van der Waals surface area contributed by atoms with Gasteiger partial charge in [-0.15, -0.1) is 11.3 Å². The third kappa shape index (κ3) is 3.65. The van der Waals surface area contributed by atoms with E-state index in [9.17, 15) is 4.79 Å². The molecule has 0 amide bonds. The molecule has 3 aromatic rings. The number of benzene rings is 1. The second-order valence-corrected chi connectivity index (χ2v) is 8.19. The van der Waals surface area contributed by atoms with Gasteiger partial charge < -0.3 is 14.5 Å². The van der Waals surface area contributed by atoms with Crippen LogP contribution < -0.4 is 15.0 Å². The summed E-state index contributed by atoms with van der Waals surface area (Å²) in [5, 5.41) is 0.785. The largest absolute Gasteiger partial charge is 0.490 e. The van der Waals surface area contributed by atoms with Crippen molar-refractivity contribution in [2.24, 2.45) is 0 Å². The molecule has 0 saturated heterocycles. The molecule has 1 aromatic carbocycles. The van der Waals surface area contributed by atoms with Crippen LogP contribution in [0.15, 0.2) is 23.0 Å². The van der Waals surface area contributed by atoms with Crippen molar-refractivity contribution in [2.75, 3.05) is 13.2 Å². The van der Waals surface area contributed by atoms with Crippen LogP contribution in [0.2, 0.25) is 0 Å². The minimum absolute atomic E-state index is 0.0411. The minimum atomic E-state index is -0.0411. The van der Waals surface area contributed by atoms with Gasteiger partial charge >= 0.3 is 0 Å².